The number of hydrogen-bond acceptors (Lipinski definition) is 4. The summed E-state index contributed by atoms with van der Waals surface area (Å²) in [5.74, 6) is -0.161. The van der Waals surface area contributed by atoms with Crippen LogP contribution in [-0.2, 0) is 14.3 Å². The summed E-state index contributed by atoms with van der Waals surface area (Å²) in [5, 5.41) is 6.02. The minimum absolute atomic E-state index is 0.0604. The summed E-state index contributed by atoms with van der Waals surface area (Å²) in [4.78, 5) is 11.3. The molecule has 18 heavy (non-hydrogen) atoms. The molecule has 0 saturated heterocycles. The van der Waals surface area contributed by atoms with Crippen molar-refractivity contribution >= 4 is 17.3 Å². The van der Waals surface area contributed by atoms with E-state index in [1.807, 2.05) is 31.2 Å². The number of nitrogens with one attached hydrogen (secondary N) is 2. The first-order chi connectivity index (χ1) is 8.65. The van der Waals surface area contributed by atoms with E-state index < -0.39 is 0 Å². The molecule has 0 aliphatic heterocycles. The second-order valence-corrected chi connectivity index (χ2v) is 4.06. The summed E-state index contributed by atoms with van der Waals surface area (Å²) >= 11 is 0. The number of hydrogen-bond donors (Lipinski definition) is 2. The van der Waals surface area contributed by atoms with Crippen molar-refractivity contribution in [1.82, 2.24) is 0 Å². The second kappa shape index (κ2) is 7.68. The Balaban J connectivity index is 2.49. The van der Waals surface area contributed by atoms with Crippen LogP contribution in [0.25, 0.3) is 0 Å². The zero-order chi connectivity index (χ0) is 13.4. The minimum atomic E-state index is -0.161. The van der Waals surface area contributed by atoms with Gasteiger partial charge in [-0.25, -0.2) is 0 Å². The van der Waals surface area contributed by atoms with Gasteiger partial charge in [-0.05, 0) is 31.2 Å². The topological polar surface area (TPSA) is 59.6 Å². The highest BCUT2D eigenvalue weighted by Gasteiger charge is 2.03. The van der Waals surface area contributed by atoms with Crippen molar-refractivity contribution in [3.63, 3.8) is 0 Å². The van der Waals surface area contributed by atoms with Gasteiger partial charge in [0.1, 0.15) is 6.61 Å². The molecular weight excluding hydrogens is 232 g/mol. The van der Waals surface area contributed by atoms with E-state index in [4.69, 9.17) is 9.47 Å². The molecule has 0 spiro atoms. The maximum atomic E-state index is 11.3. The van der Waals surface area contributed by atoms with Crippen molar-refractivity contribution in [2.75, 3.05) is 38.1 Å². The molecule has 1 aromatic rings. The predicted octanol–water partition coefficient (Wildman–Crippen LogP) is 1.72. The molecule has 0 fully saturated rings. The quantitative estimate of drug-likeness (QED) is 0.775. The Morgan fingerprint density at radius 3 is 2.33 bits per heavy atom. The standard InChI is InChI=1S/C13H20N2O3/c1-10(8-17-2)14-11-4-6-12(7-5-11)15-13(16)9-18-3/h4-7,10,14H,8-9H2,1-3H3,(H,15,16). The molecule has 5 heteroatoms. The Morgan fingerprint density at radius 1 is 1.17 bits per heavy atom. The average molecular weight is 252 g/mol. The van der Waals surface area contributed by atoms with E-state index in [-0.39, 0.29) is 18.6 Å². The molecule has 5 nitrogen and oxygen atoms in total. The lowest BCUT2D eigenvalue weighted by atomic mass is 10.2. The first kappa shape index (κ1) is 14.5. The first-order valence-corrected chi connectivity index (χ1v) is 5.80. The van der Waals surface area contributed by atoms with Crippen LogP contribution in [0.15, 0.2) is 24.3 Å². The molecule has 0 heterocycles. The molecule has 1 unspecified atom stereocenters. The Morgan fingerprint density at radius 2 is 1.78 bits per heavy atom. The van der Waals surface area contributed by atoms with Crippen molar-refractivity contribution in [3.05, 3.63) is 24.3 Å². The molecule has 0 aliphatic carbocycles. The minimum Gasteiger partial charge on any atom is -0.383 e. The molecule has 1 aromatic carbocycles. The molecule has 1 rings (SSSR count). The van der Waals surface area contributed by atoms with Crippen LogP contribution >= 0.6 is 0 Å². The zero-order valence-electron chi connectivity index (χ0n) is 11.0. The van der Waals surface area contributed by atoms with E-state index in [0.29, 0.717) is 6.61 Å². The first-order valence-electron chi connectivity index (χ1n) is 5.80. The number of anilines is 2. The van der Waals surface area contributed by atoms with E-state index in [9.17, 15) is 4.79 Å². The second-order valence-electron chi connectivity index (χ2n) is 4.06. The van der Waals surface area contributed by atoms with Crippen molar-refractivity contribution in [3.8, 4) is 0 Å². The summed E-state index contributed by atoms with van der Waals surface area (Å²) in [6.45, 7) is 2.75. The number of carbonyl (C=O) groups excluding carboxylic acids is 1. The summed E-state index contributed by atoms with van der Waals surface area (Å²) in [6.07, 6.45) is 0. The number of rotatable bonds is 7. The summed E-state index contributed by atoms with van der Waals surface area (Å²) in [5.41, 5.74) is 1.74. The molecule has 1 amide bonds. The van der Waals surface area contributed by atoms with Gasteiger partial charge in [0.15, 0.2) is 0 Å². The van der Waals surface area contributed by atoms with Crippen molar-refractivity contribution in [2.45, 2.75) is 13.0 Å². The van der Waals surface area contributed by atoms with Gasteiger partial charge in [0.05, 0.1) is 6.61 Å². The average Bonchev–Trinajstić information content (AvgIpc) is 2.32. The van der Waals surface area contributed by atoms with E-state index in [1.54, 1.807) is 7.11 Å². The number of carbonyl (C=O) groups is 1. The van der Waals surface area contributed by atoms with Crippen molar-refractivity contribution in [2.24, 2.45) is 0 Å². The van der Waals surface area contributed by atoms with Gasteiger partial charge >= 0.3 is 0 Å². The Labute approximate surface area is 107 Å². The van der Waals surface area contributed by atoms with Gasteiger partial charge in [0.25, 0.3) is 0 Å². The number of benzene rings is 1. The number of amides is 1. The van der Waals surface area contributed by atoms with Crippen LogP contribution in [0.4, 0.5) is 11.4 Å². The zero-order valence-corrected chi connectivity index (χ0v) is 11.0. The molecule has 0 radical (unpaired) electrons. The summed E-state index contributed by atoms with van der Waals surface area (Å²) in [6, 6.07) is 7.75. The van der Waals surface area contributed by atoms with E-state index >= 15 is 0 Å². The van der Waals surface area contributed by atoms with Crippen LogP contribution in [0.2, 0.25) is 0 Å². The SMILES string of the molecule is COCC(=O)Nc1ccc(NC(C)COC)cc1. The Hall–Kier alpha value is -1.59. The van der Waals surface area contributed by atoms with Crippen molar-refractivity contribution < 1.29 is 14.3 Å². The monoisotopic (exact) mass is 252 g/mol. The maximum absolute atomic E-state index is 11.3. The lowest BCUT2D eigenvalue weighted by Crippen LogP contribution is -2.20. The molecule has 0 aromatic heterocycles. The normalized spacial score (nSPS) is 11.9. The van der Waals surface area contributed by atoms with Crippen LogP contribution in [0.1, 0.15) is 6.92 Å². The third kappa shape index (κ3) is 5.16. The largest absolute Gasteiger partial charge is 0.383 e. The summed E-state index contributed by atoms with van der Waals surface area (Å²) in [7, 11) is 3.16. The molecule has 0 aliphatic rings. The molecule has 0 bridgehead atoms. The van der Waals surface area contributed by atoms with Gasteiger partial charge < -0.3 is 20.1 Å². The molecule has 2 N–H and O–H groups in total. The molecule has 0 saturated carbocycles. The van der Waals surface area contributed by atoms with E-state index in [1.165, 1.54) is 7.11 Å². The molecule has 1 atom stereocenters. The van der Waals surface area contributed by atoms with Gasteiger partial charge in [-0.2, -0.15) is 0 Å². The van der Waals surface area contributed by atoms with Gasteiger partial charge in [0, 0.05) is 31.6 Å². The smallest absolute Gasteiger partial charge is 0.250 e. The fourth-order valence-corrected chi connectivity index (χ4v) is 1.55. The molecule has 100 valence electrons. The van der Waals surface area contributed by atoms with Crippen LogP contribution in [0.5, 0.6) is 0 Å². The van der Waals surface area contributed by atoms with Crippen LogP contribution in [0, 0.1) is 0 Å². The lowest BCUT2D eigenvalue weighted by Gasteiger charge is -2.14. The third-order valence-electron chi connectivity index (χ3n) is 2.27. The highest BCUT2D eigenvalue weighted by atomic mass is 16.5. The number of methoxy groups -OCH3 is 2. The fourth-order valence-electron chi connectivity index (χ4n) is 1.55. The van der Waals surface area contributed by atoms with Crippen LogP contribution < -0.4 is 10.6 Å². The Kier molecular flexibility index (Phi) is 6.18. The predicted molar refractivity (Wildman–Crippen MR) is 71.9 cm³/mol. The maximum Gasteiger partial charge on any atom is 0.250 e. The highest BCUT2D eigenvalue weighted by molar-refractivity contribution is 5.91. The van der Waals surface area contributed by atoms with Gasteiger partial charge in [-0.1, -0.05) is 0 Å². The third-order valence-corrected chi connectivity index (χ3v) is 2.27. The number of ether oxygens (including phenoxy) is 2. The van der Waals surface area contributed by atoms with Gasteiger partial charge in [-0.15, -0.1) is 0 Å². The summed E-state index contributed by atoms with van der Waals surface area (Å²) < 4.78 is 9.79. The Bertz CT molecular complexity index is 365. The van der Waals surface area contributed by atoms with Crippen molar-refractivity contribution in [1.29, 1.82) is 0 Å². The van der Waals surface area contributed by atoms with Gasteiger partial charge in [0.2, 0.25) is 5.91 Å². The van der Waals surface area contributed by atoms with Crippen LogP contribution in [-0.4, -0.2) is 39.4 Å². The van der Waals surface area contributed by atoms with E-state index in [0.717, 1.165) is 11.4 Å². The highest BCUT2D eigenvalue weighted by Crippen LogP contribution is 2.14. The lowest BCUT2D eigenvalue weighted by molar-refractivity contribution is -0.119. The van der Waals surface area contributed by atoms with Gasteiger partial charge in [-0.3, -0.25) is 4.79 Å². The van der Waals surface area contributed by atoms with E-state index in [2.05, 4.69) is 10.6 Å². The molecular formula is C13H20N2O3. The fraction of sp³-hybridized carbons (Fsp3) is 0.462. The van der Waals surface area contributed by atoms with Crippen LogP contribution in [0.3, 0.4) is 0 Å².